The third-order valence-electron chi connectivity index (χ3n) is 4.06. The van der Waals surface area contributed by atoms with Gasteiger partial charge in [0.15, 0.2) is 10.8 Å². The molecule has 0 aliphatic rings. The van der Waals surface area contributed by atoms with Gasteiger partial charge in [-0.15, -0.1) is 0 Å². The zero-order valence-corrected chi connectivity index (χ0v) is 15.9. The summed E-state index contributed by atoms with van der Waals surface area (Å²) >= 11 is 1.17. The fourth-order valence-corrected chi connectivity index (χ4v) is 3.43. The van der Waals surface area contributed by atoms with Crippen molar-refractivity contribution in [3.8, 4) is 5.69 Å². The van der Waals surface area contributed by atoms with Crippen LogP contribution in [0.1, 0.15) is 5.56 Å². The molecule has 8 heteroatoms. The maximum atomic E-state index is 12.4. The lowest BCUT2D eigenvalue weighted by atomic mass is 10.2. The van der Waals surface area contributed by atoms with E-state index in [4.69, 9.17) is 0 Å². The van der Waals surface area contributed by atoms with Crippen LogP contribution >= 0.6 is 11.8 Å². The standard InChI is InChI=1S/C20H17N5O2S/c1-13-6-5-7-14(10-13)22-17(26)12-28-20-23-18-16(19(27)24-20)11-21-25(18)15-8-3-2-4-9-15/h2-11H,12H2,1H3,(H,22,26)(H,23,24,27). The molecule has 28 heavy (non-hydrogen) atoms. The number of aryl methyl sites for hydroxylation is 1. The molecule has 140 valence electrons. The lowest BCUT2D eigenvalue weighted by molar-refractivity contribution is -0.113. The molecule has 7 nitrogen and oxygen atoms in total. The number of benzene rings is 2. The average molecular weight is 391 g/mol. The van der Waals surface area contributed by atoms with Crippen LogP contribution in [0.25, 0.3) is 16.7 Å². The van der Waals surface area contributed by atoms with E-state index in [-0.39, 0.29) is 17.2 Å². The van der Waals surface area contributed by atoms with Crippen LogP contribution in [-0.2, 0) is 4.79 Å². The predicted molar refractivity (Wildman–Crippen MR) is 110 cm³/mol. The molecule has 2 aromatic heterocycles. The number of hydrogen-bond acceptors (Lipinski definition) is 5. The second-order valence-corrected chi connectivity index (χ2v) is 7.17. The van der Waals surface area contributed by atoms with Crippen molar-refractivity contribution in [1.82, 2.24) is 19.7 Å². The number of anilines is 1. The zero-order chi connectivity index (χ0) is 19.5. The van der Waals surface area contributed by atoms with Gasteiger partial charge in [0.2, 0.25) is 5.91 Å². The van der Waals surface area contributed by atoms with E-state index in [2.05, 4.69) is 20.4 Å². The molecule has 0 bridgehead atoms. The maximum Gasteiger partial charge on any atom is 0.262 e. The molecule has 4 aromatic rings. The molecule has 0 saturated heterocycles. The molecule has 2 N–H and O–H groups in total. The monoisotopic (exact) mass is 391 g/mol. The van der Waals surface area contributed by atoms with Gasteiger partial charge in [-0.05, 0) is 36.8 Å². The number of carbonyl (C=O) groups excluding carboxylic acids is 1. The second-order valence-electron chi connectivity index (χ2n) is 6.21. The van der Waals surface area contributed by atoms with E-state index in [1.54, 1.807) is 4.68 Å². The minimum atomic E-state index is -0.284. The number of amides is 1. The Morgan fingerprint density at radius 3 is 2.79 bits per heavy atom. The summed E-state index contributed by atoms with van der Waals surface area (Å²) in [7, 11) is 0. The van der Waals surface area contributed by atoms with Gasteiger partial charge < -0.3 is 10.3 Å². The number of fused-ring (bicyclic) bond motifs is 1. The fourth-order valence-electron chi connectivity index (χ4n) is 2.78. The first-order valence-corrected chi connectivity index (χ1v) is 9.61. The molecule has 0 aliphatic carbocycles. The lowest BCUT2D eigenvalue weighted by Crippen LogP contribution is -2.15. The summed E-state index contributed by atoms with van der Waals surface area (Å²) < 4.78 is 1.61. The highest BCUT2D eigenvalue weighted by molar-refractivity contribution is 7.99. The van der Waals surface area contributed by atoms with Gasteiger partial charge >= 0.3 is 0 Å². The normalized spacial score (nSPS) is 10.9. The Labute approximate surface area is 164 Å². The Morgan fingerprint density at radius 2 is 2.00 bits per heavy atom. The number of nitrogens with zero attached hydrogens (tertiary/aromatic N) is 3. The van der Waals surface area contributed by atoms with Crippen LogP contribution in [0, 0.1) is 6.92 Å². The molecule has 0 fully saturated rings. The van der Waals surface area contributed by atoms with Crippen molar-refractivity contribution in [3.63, 3.8) is 0 Å². The molecule has 1 amide bonds. The van der Waals surface area contributed by atoms with Gasteiger partial charge in [-0.25, -0.2) is 9.67 Å². The molecule has 0 aliphatic heterocycles. The minimum absolute atomic E-state index is 0.127. The van der Waals surface area contributed by atoms with Crippen LogP contribution in [0.3, 0.4) is 0 Å². The Hall–Kier alpha value is -3.39. The van der Waals surface area contributed by atoms with E-state index < -0.39 is 0 Å². The average Bonchev–Trinajstić information content (AvgIpc) is 3.12. The second kappa shape index (κ2) is 7.69. The van der Waals surface area contributed by atoms with E-state index in [9.17, 15) is 9.59 Å². The number of aromatic nitrogens is 4. The summed E-state index contributed by atoms with van der Waals surface area (Å²) in [6.07, 6.45) is 1.49. The summed E-state index contributed by atoms with van der Waals surface area (Å²) in [5.74, 6) is -0.0445. The van der Waals surface area contributed by atoms with Crippen LogP contribution < -0.4 is 10.9 Å². The number of rotatable bonds is 5. The Bertz CT molecular complexity index is 1200. The number of H-pyrrole nitrogens is 1. The Kier molecular flexibility index (Phi) is 4.94. The van der Waals surface area contributed by atoms with Gasteiger partial charge in [0.1, 0.15) is 5.39 Å². The van der Waals surface area contributed by atoms with Gasteiger partial charge in [0, 0.05) is 5.69 Å². The summed E-state index contributed by atoms with van der Waals surface area (Å²) in [6, 6.07) is 17.0. The largest absolute Gasteiger partial charge is 0.325 e. The lowest BCUT2D eigenvalue weighted by Gasteiger charge is -2.06. The van der Waals surface area contributed by atoms with Crippen LogP contribution in [0.15, 0.2) is 70.7 Å². The van der Waals surface area contributed by atoms with Crippen molar-refractivity contribution in [3.05, 3.63) is 76.7 Å². The number of para-hydroxylation sites is 1. The number of thioether (sulfide) groups is 1. The molecule has 4 rings (SSSR count). The van der Waals surface area contributed by atoms with Crippen LogP contribution in [0.5, 0.6) is 0 Å². The highest BCUT2D eigenvalue weighted by Gasteiger charge is 2.13. The number of carbonyl (C=O) groups is 1. The van der Waals surface area contributed by atoms with Crippen LogP contribution in [-0.4, -0.2) is 31.4 Å². The predicted octanol–water partition coefficient (Wildman–Crippen LogP) is 3.15. The summed E-state index contributed by atoms with van der Waals surface area (Å²) in [5.41, 5.74) is 2.79. The molecule has 0 radical (unpaired) electrons. The van der Waals surface area contributed by atoms with Crippen LogP contribution in [0.2, 0.25) is 0 Å². The topological polar surface area (TPSA) is 92.7 Å². The van der Waals surface area contributed by atoms with E-state index in [1.165, 1.54) is 18.0 Å². The van der Waals surface area contributed by atoms with E-state index in [0.29, 0.717) is 16.2 Å². The van der Waals surface area contributed by atoms with Gasteiger partial charge in [-0.1, -0.05) is 42.1 Å². The minimum Gasteiger partial charge on any atom is -0.325 e. The van der Waals surface area contributed by atoms with Crippen molar-refractivity contribution in [2.45, 2.75) is 12.1 Å². The van der Waals surface area contributed by atoms with Crippen molar-refractivity contribution in [1.29, 1.82) is 0 Å². The SMILES string of the molecule is Cc1cccc(NC(=O)CSc2nc3c(cnn3-c3ccccc3)c(=O)[nH]2)c1. The van der Waals surface area contributed by atoms with Crippen molar-refractivity contribution in [2.75, 3.05) is 11.1 Å². The van der Waals surface area contributed by atoms with Crippen molar-refractivity contribution < 1.29 is 4.79 Å². The van der Waals surface area contributed by atoms with E-state index in [0.717, 1.165) is 16.9 Å². The molecule has 2 heterocycles. The number of aromatic amines is 1. The van der Waals surface area contributed by atoms with Crippen molar-refractivity contribution >= 4 is 34.4 Å². The quantitative estimate of drug-likeness (QED) is 0.403. The van der Waals surface area contributed by atoms with Gasteiger partial charge in [-0.2, -0.15) is 5.10 Å². The van der Waals surface area contributed by atoms with E-state index in [1.807, 2.05) is 61.5 Å². The van der Waals surface area contributed by atoms with E-state index >= 15 is 0 Å². The first-order valence-electron chi connectivity index (χ1n) is 8.63. The third kappa shape index (κ3) is 3.81. The maximum absolute atomic E-state index is 12.4. The number of nitrogens with one attached hydrogen (secondary N) is 2. The molecular formula is C20H17N5O2S. The van der Waals surface area contributed by atoms with Gasteiger partial charge in [0.25, 0.3) is 5.56 Å². The molecule has 0 spiro atoms. The van der Waals surface area contributed by atoms with Gasteiger partial charge in [-0.3, -0.25) is 9.59 Å². The smallest absolute Gasteiger partial charge is 0.262 e. The summed E-state index contributed by atoms with van der Waals surface area (Å²) in [5, 5.41) is 7.88. The molecule has 0 atom stereocenters. The summed E-state index contributed by atoms with van der Waals surface area (Å²) in [6.45, 7) is 1.96. The first kappa shape index (κ1) is 18.0. The zero-order valence-electron chi connectivity index (χ0n) is 15.0. The van der Waals surface area contributed by atoms with Gasteiger partial charge in [0.05, 0.1) is 17.6 Å². The Balaban J connectivity index is 1.54. The van der Waals surface area contributed by atoms with Crippen LogP contribution in [0.4, 0.5) is 5.69 Å². The fraction of sp³-hybridized carbons (Fsp3) is 0.100. The molecule has 2 aromatic carbocycles. The molecular weight excluding hydrogens is 374 g/mol. The van der Waals surface area contributed by atoms with Crippen molar-refractivity contribution in [2.24, 2.45) is 0 Å². The molecule has 0 unspecified atom stereocenters. The summed E-state index contributed by atoms with van der Waals surface area (Å²) in [4.78, 5) is 31.8. The first-order chi connectivity index (χ1) is 13.6. The highest BCUT2D eigenvalue weighted by Crippen LogP contribution is 2.18. The number of hydrogen-bond donors (Lipinski definition) is 2. The Morgan fingerprint density at radius 1 is 1.18 bits per heavy atom. The highest BCUT2D eigenvalue weighted by atomic mass is 32.2. The molecule has 0 saturated carbocycles. The third-order valence-corrected chi connectivity index (χ3v) is 4.93.